The molecule has 0 aliphatic heterocycles. The number of nitrogens with zero attached hydrogens (tertiary/aromatic N) is 2. The summed E-state index contributed by atoms with van der Waals surface area (Å²) in [4.78, 5) is 14.9. The zero-order chi connectivity index (χ0) is 24.0. The van der Waals surface area contributed by atoms with Crippen LogP contribution in [-0.2, 0) is 22.4 Å². The number of benzene rings is 2. The Hall–Kier alpha value is -3.16. The molecular weight excluding hydrogens is 460 g/mol. The quantitative estimate of drug-likeness (QED) is 0.396. The summed E-state index contributed by atoms with van der Waals surface area (Å²) < 4.78 is 21.3. The van der Waals surface area contributed by atoms with Crippen LogP contribution in [0.15, 0.2) is 71.9 Å². The minimum Gasteiger partial charge on any atom is -0.487 e. The molecule has 1 N–H and O–H groups in total. The van der Waals surface area contributed by atoms with Crippen LogP contribution in [0.2, 0.25) is 5.02 Å². The zero-order valence-corrected chi connectivity index (χ0v) is 20.1. The molecule has 1 heterocycles. The van der Waals surface area contributed by atoms with E-state index < -0.39 is 17.0 Å². The molecule has 0 bridgehead atoms. The molecule has 1 atom stereocenters. The lowest BCUT2D eigenvalue weighted by molar-refractivity contribution is -0.131. The van der Waals surface area contributed by atoms with Gasteiger partial charge in [-0.3, -0.25) is 4.31 Å². The molecule has 1 aromatic heterocycles. The Morgan fingerprint density at radius 2 is 1.94 bits per heavy atom. The molecule has 0 fully saturated rings. The van der Waals surface area contributed by atoms with Crippen LogP contribution in [0.5, 0.6) is 5.75 Å². The molecule has 0 saturated carbocycles. The number of pyridine rings is 1. The summed E-state index contributed by atoms with van der Waals surface area (Å²) >= 11 is 6.39. The predicted molar refractivity (Wildman–Crippen MR) is 132 cm³/mol. The van der Waals surface area contributed by atoms with E-state index in [4.69, 9.17) is 21.4 Å². The second-order valence-electron chi connectivity index (χ2n) is 7.61. The standard InChI is InChI=1S/C25H25ClN2O4S/c1-17(2)28(33(31)24-6-4-5-13-27-24)22-14-18(3)21(26)15-23(22)32-16-20-9-7-19(8-10-20)11-12-25(29)30/h4-15,17H,16H2,1-3H3,(H,29,30)/b12-11+. The van der Waals surface area contributed by atoms with Crippen molar-refractivity contribution in [1.29, 1.82) is 0 Å². The smallest absolute Gasteiger partial charge is 0.328 e. The number of aryl methyl sites for hydroxylation is 1. The highest BCUT2D eigenvalue weighted by molar-refractivity contribution is 7.86. The van der Waals surface area contributed by atoms with Crippen LogP contribution in [-0.4, -0.2) is 26.3 Å². The van der Waals surface area contributed by atoms with Crippen molar-refractivity contribution in [3.63, 3.8) is 0 Å². The molecule has 0 amide bonds. The first-order valence-electron chi connectivity index (χ1n) is 10.3. The van der Waals surface area contributed by atoms with E-state index in [0.29, 0.717) is 21.5 Å². The fourth-order valence-corrected chi connectivity index (χ4v) is 4.51. The topological polar surface area (TPSA) is 79.7 Å². The molecule has 33 heavy (non-hydrogen) atoms. The van der Waals surface area contributed by atoms with E-state index >= 15 is 0 Å². The maximum absolute atomic E-state index is 13.4. The van der Waals surface area contributed by atoms with Crippen molar-refractivity contribution in [1.82, 2.24) is 4.98 Å². The highest BCUT2D eigenvalue weighted by atomic mass is 35.5. The maximum Gasteiger partial charge on any atom is 0.328 e. The zero-order valence-electron chi connectivity index (χ0n) is 18.6. The number of carboxylic acids is 1. The Bertz CT molecular complexity index is 1170. The van der Waals surface area contributed by atoms with E-state index in [9.17, 15) is 9.00 Å². The van der Waals surface area contributed by atoms with E-state index in [0.717, 1.165) is 22.8 Å². The van der Waals surface area contributed by atoms with Gasteiger partial charge < -0.3 is 9.84 Å². The highest BCUT2D eigenvalue weighted by Crippen LogP contribution is 2.37. The van der Waals surface area contributed by atoms with Gasteiger partial charge in [-0.15, -0.1) is 0 Å². The molecule has 1 unspecified atom stereocenters. The van der Waals surface area contributed by atoms with E-state index in [-0.39, 0.29) is 12.6 Å². The summed E-state index contributed by atoms with van der Waals surface area (Å²) in [6.45, 7) is 6.06. The third-order valence-corrected chi connectivity index (χ3v) is 6.72. The van der Waals surface area contributed by atoms with Crippen LogP contribution in [0, 0.1) is 6.92 Å². The van der Waals surface area contributed by atoms with Crippen molar-refractivity contribution in [3.8, 4) is 5.75 Å². The van der Waals surface area contributed by atoms with Crippen LogP contribution in [0.25, 0.3) is 6.08 Å². The van der Waals surface area contributed by atoms with Crippen molar-refractivity contribution >= 4 is 40.3 Å². The Morgan fingerprint density at radius 3 is 2.55 bits per heavy atom. The van der Waals surface area contributed by atoms with Crippen LogP contribution in [0.1, 0.15) is 30.5 Å². The lowest BCUT2D eigenvalue weighted by atomic mass is 10.1. The minimum absolute atomic E-state index is 0.101. The summed E-state index contributed by atoms with van der Waals surface area (Å²) in [5, 5.41) is 9.76. The van der Waals surface area contributed by atoms with E-state index in [1.807, 2.05) is 51.1 Å². The van der Waals surface area contributed by atoms with Gasteiger partial charge in [0.15, 0.2) is 11.0 Å². The Morgan fingerprint density at radius 1 is 1.21 bits per heavy atom. The number of carbonyl (C=O) groups is 1. The molecule has 172 valence electrons. The fraction of sp³-hybridized carbons (Fsp3) is 0.200. The molecule has 3 aromatic rings. The lowest BCUT2D eigenvalue weighted by Gasteiger charge is -2.29. The number of rotatable bonds is 9. The molecule has 0 aliphatic rings. The molecule has 8 heteroatoms. The third-order valence-electron chi connectivity index (χ3n) is 4.73. The van der Waals surface area contributed by atoms with E-state index in [1.165, 1.54) is 6.08 Å². The first kappa shape index (κ1) is 24.5. The number of carboxylic acid groups (broad SMARTS) is 1. The minimum atomic E-state index is -1.54. The van der Waals surface area contributed by atoms with Crippen LogP contribution >= 0.6 is 11.6 Å². The molecule has 0 radical (unpaired) electrons. The summed E-state index contributed by atoms with van der Waals surface area (Å²) in [6.07, 6.45) is 4.23. The second-order valence-corrected chi connectivity index (χ2v) is 9.32. The highest BCUT2D eigenvalue weighted by Gasteiger charge is 2.24. The van der Waals surface area contributed by atoms with Gasteiger partial charge in [-0.2, -0.15) is 0 Å². The van der Waals surface area contributed by atoms with E-state index in [1.54, 1.807) is 34.8 Å². The van der Waals surface area contributed by atoms with Gasteiger partial charge in [-0.1, -0.05) is 41.9 Å². The van der Waals surface area contributed by atoms with E-state index in [2.05, 4.69) is 4.98 Å². The van der Waals surface area contributed by atoms with Gasteiger partial charge in [0.2, 0.25) is 0 Å². The van der Waals surface area contributed by atoms with Crippen LogP contribution in [0.3, 0.4) is 0 Å². The first-order valence-corrected chi connectivity index (χ1v) is 11.8. The van der Waals surface area contributed by atoms with Gasteiger partial charge in [0.1, 0.15) is 17.4 Å². The summed E-state index contributed by atoms with van der Waals surface area (Å²) in [5.74, 6) is -0.484. The maximum atomic E-state index is 13.4. The number of hydrogen-bond donors (Lipinski definition) is 1. The second kappa shape index (κ2) is 11.1. The van der Waals surface area contributed by atoms with Gasteiger partial charge in [0, 0.05) is 29.4 Å². The fourth-order valence-electron chi connectivity index (χ4n) is 3.10. The van der Waals surface area contributed by atoms with Crippen molar-refractivity contribution < 1.29 is 18.8 Å². The SMILES string of the molecule is Cc1cc(N(C(C)C)S(=O)c2ccccn2)c(OCc2ccc(/C=C/C(=O)O)cc2)cc1Cl. The third kappa shape index (κ3) is 6.43. The summed E-state index contributed by atoms with van der Waals surface area (Å²) in [6, 6.07) is 16.2. The lowest BCUT2D eigenvalue weighted by Crippen LogP contribution is -2.33. The van der Waals surface area contributed by atoms with Crippen molar-refractivity contribution in [2.75, 3.05) is 4.31 Å². The average Bonchev–Trinajstić information content (AvgIpc) is 2.80. The van der Waals surface area contributed by atoms with Crippen LogP contribution in [0.4, 0.5) is 5.69 Å². The largest absolute Gasteiger partial charge is 0.487 e. The number of anilines is 1. The van der Waals surface area contributed by atoms with Gasteiger partial charge in [0.05, 0.1) is 5.69 Å². The van der Waals surface area contributed by atoms with Crippen molar-refractivity contribution in [3.05, 3.63) is 88.6 Å². The first-order chi connectivity index (χ1) is 15.8. The number of hydrogen-bond acceptors (Lipinski definition) is 4. The Labute approximate surface area is 201 Å². The Kier molecular flexibility index (Phi) is 8.25. The predicted octanol–water partition coefficient (Wildman–Crippen LogP) is 5.66. The summed E-state index contributed by atoms with van der Waals surface area (Å²) in [7, 11) is -1.54. The van der Waals surface area contributed by atoms with Gasteiger partial charge in [-0.05, 0) is 61.7 Å². The number of aliphatic carboxylic acids is 1. The van der Waals surface area contributed by atoms with Crippen molar-refractivity contribution in [2.45, 2.75) is 38.4 Å². The molecule has 3 rings (SSSR count). The molecular formula is C25H25ClN2O4S. The number of ether oxygens (including phenoxy) is 1. The normalized spacial score (nSPS) is 12.2. The molecule has 0 saturated heterocycles. The average molecular weight is 485 g/mol. The molecule has 0 spiro atoms. The molecule has 6 nitrogen and oxygen atoms in total. The number of aromatic nitrogens is 1. The number of halogens is 1. The molecule has 0 aliphatic carbocycles. The van der Waals surface area contributed by atoms with Gasteiger partial charge in [-0.25, -0.2) is 14.0 Å². The monoisotopic (exact) mass is 484 g/mol. The van der Waals surface area contributed by atoms with Crippen molar-refractivity contribution in [2.24, 2.45) is 0 Å². The molecule has 2 aromatic carbocycles. The summed E-state index contributed by atoms with van der Waals surface area (Å²) in [5.41, 5.74) is 3.18. The van der Waals surface area contributed by atoms with Crippen LogP contribution < -0.4 is 9.04 Å². The Balaban J connectivity index is 1.89. The van der Waals surface area contributed by atoms with Gasteiger partial charge in [0.25, 0.3) is 0 Å². The van der Waals surface area contributed by atoms with Gasteiger partial charge >= 0.3 is 5.97 Å².